The van der Waals surface area contributed by atoms with E-state index < -0.39 is 0 Å². The van der Waals surface area contributed by atoms with Crippen LogP contribution in [0.25, 0.3) is 0 Å². The summed E-state index contributed by atoms with van der Waals surface area (Å²) in [5.74, 6) is 0.645. The highest BCUT2D eigenvalue weighted by atomic mass is 79.9. The first-order valence-corrected chi connectivity index (χ1v) is 6.64. The van der Waals surface area contributed by atoms with Crippen molar-refractivity contribution in [1.82, 2.24) is 4.90 Å². The molecule has 0 fully saturated rings. The van der Waals surface area contributed by atoms with Crippen molar-refractivity contribution >= 4 is 21.7 Å². The van der Waals surface area contributed by atoms with Crippen molar-refractivity contribution in [3.05, 3.63) is 28.2 Å². The van der Waals surface area contributed by atoms with E-state index in [9.17, 15) is 4.79 Å². The smallest absolute Gasteiger partial charge is 0.163 e. The van der Waals surface area contributed by atoms with Crippen molar-refractivity contribution in [2.24, 2.45) is 0 Å². The maximum absolute atomic E-state index is 11.5. The molecular weight excluding hydrogens is 294 g/mol. The van der Waals surface area contributed by atoms with Crippen molar-refractivity contribution in [2.45, 2.75) is 26.3 Å². The summed E-state index contributed by atoms with van der Waals surface area (Å²) in [7, 11) is 4.02. The van der Waals surface area contributed by atoms with Crippen molar-refractivity contribution in [2.75, 3.05) is 20.7 Å². The molecule has 0 spiro atoms. The Morgan fingerprint density at radius 2 is 2.00 bits per heavy atom. The fourth-order valence-electron chi connectivity index (χ4n) is 1.29. The van der Waals surface area contributed by atoms with E-state index in [1.54, 1.807) is 13.0 Å². The number of ketones is 1. The van der Waals surface area contributed by atoms with E-state index in [-0.39, 0.29) is 11.3 Å². The molecule has 4 heteroatoms. The Morgan fingerprint density at radius 3 is 2.50 bits per heavy atom. The monoisotopic (exact) mass is 313 g/mol. The SMILES string of the molecule is CC(=O)c1ccc(Br)cc1OCC(C)(C)N(C)C. The molecule has 0 amide bonds. The first-order chi connectivity index (χ1) is 8.24. The van der Waals surface area contributed by atoms with Gasteiger partial charge in [0.15, 0.2) is 5.78 Å². The number of halogens is 1. The second kappa shape index (κ2) is 5.85. The van der Waals surface area contributed by atoms with Crippen molar-refractivity contribution in [3.8, 4) is 5.75 Å². The molecule has 0 aliphatic rings. The standard InChI is InChI=1S/C14H20BrNO2/c1-10(17)12-7-6-11(15)8-13(12)18-9-14(2,3)16(4)5/h6-8H,9H2,1-5H3. The number of benzene rings is 1. The minimum Gasteiger partial charge on any atom is -0.491 e. The van der Waals surface area contributed by atoms with Crippen LogP contribution < -0.4 is 4.74 Å². The largest absolute Gasteiger partial charge is 0.491 e. The fraction of sp³-hybridized carbons (Fsp3) is 0.500. The summed E-state index contributed by atoms with van der Waals surface area (Å²) >= 11 is 3.39. The van der Waals surface area contributed by atoms with Crippen LogP contribution in [0.2, 0.25) is 0 Å². The Kier molecular flexibility index (Phi) is 4.93. The zero-order chi connectivity index (χ0) is 13.9. The second-order valence-electron chi connectivity index (χ2n) is 5.19. The predicted octanol–water partition coefficient (Wildman–Crippen LogP) is 3.37. The summed E-state index contributed by atoms with van der Waals surface area (Å²) in [6.45, 7) is 6.26. The lowest BCUT2D eigenvalue weighted by Gasteiger charge is -2.32. The van der Waals surface area contributed by atoms with Gasteiger partial charge in [0.25, 0.3) is 0 Å². The van der Waals surface area contributed by atoms with E-state index in [1.807, 2.05) is 26.2 Å². The fourth-order valence-corrected chi connectivity index (χ4v) is 1.63. The quantitative estimate of drug-likeness (QED) is 0.781. The molecule has 0 aromatic heterocycles. The summed E-state index contributed by atoms with van der Waals surface area (Å²) in [4.78, 5) is 13.6. The van der Waals surface area contributed by atoms with Gasteiger partial charge in [-0.3, -0.25) is 4.79 Å². The van der Waals surface area contributed by atoms with Crippen LogP contribution in [0.3, 0.4) is 0 Å². The molecule has 0 atom stereocenters. The molecule has 0 heterocycles. The van der Waals surface area contributed by atoms with Crippen molar-refractivity contribution in [3.63, 3.8) is 0 Å². The van der Waals surface area contributed by atoms with E-state index in [2.05, 4.69) is 34.7 Å². The van der Waals surface area contributed by atoms with Crippen molar-refractivity contribution in [1.29, 1.82) is 0 Å². The molecule has 18 heavy (non-hydrogen) atoms. The molecule has 0 N–H and O–H groups in total. The van der Waals surface area contributed by atoms with E-state index in [1.165, 1.54) is 0 Å². The van der Waals surface area contributed by atoms with Gasteiger partial charge < -0.3 is 9.64 Å². The van der Waals surface area contributed by atoms with Crippen LogP contribution in [-0.4, -0.2) is 36.9 Å². The number of likely N-dealkylation sites (N-methyl/N-ethyl adjacent to an activating group) is 1. The summed E-state index contributed by atoms with van der Waals surface area (Å²) in [6, 6.07) is 5.47. The predicted molar refractivity (Wildman–Crippen MR) is 77.4 cm³/mol. The third-order valence-corrected chi connectivity index (χ3v) is 3.61. The number of ether oxygens (including phenoxy) is 1. The molecule has 1 aromatic rings. The van der Waals surface area contributed by atoms with Gasteiger partial charge in [-0.15, -0.1) is 0 Å². The van der Waals surface area contributed by atoms with Gasteiger partial charge in [0.1, 0.15) is 12.4 Å². The summed E-state index contributed by atoms with van der Waals surface area (Å²) < 4.78 is 6.72. The third kappa shape index (κ3) is 3.82. The molecule has 0 saturated heterocycles. The molecule has 1 rings (SSSR count). The first-order valence-electron chi connectivity index (χ1n) is 5.85. The first kappa shape index (κ1) is 15.2. The Bertz CT molecular complexity index is 441. The third-order valence-electron chi connectivity index (χ3n) is 3.11. The van der Waals surface area contributed by atoms with Crippen LogP contribution in [0.1, 0.15) is 31.1 Å². The second-order valence-corrected chi connectivity index (χ2v) is 6.11. The highest BCUT2D eigenvalue weighted by Gasteiger charge is 2.22. The molecule has 0 aliphatic carbocycles. The van der Waals surface area contributed by atoms with Crippen molar-refractivity contribution < 1.29 is 9.53 Å². The number of carbonyl (C=O) groups is 1. The van der Waals surface area contributed by atoms with Gasteiger partial charge in [0.2, 0.25) is 0 Å². The Labute approximate surface area is 117 Å². The molecule has 100 valence electrons. The van der Waals surface area contributed by atoms with E-state index in [4.69, 9.17) is 4.74 Å². The van der Waals surface area contributed by atoms with Gasteiger partial charge in [-0.2, -0.15) is 0 Å². The van der Waals surface area contributed by atoms with Crippen LogP contribution in [0.15, 0.2) is 22.7 Å². The zero-order valence-electron chi connectivity index (χ0n) is 11.6. The van der Waals surface area contributed by atoms with Crippen LogP contribution in [0.4, 0.5) is 0 Å². The van der Waals surface area contributed by atoms with Gasteiger partial charge in [-0.25, -0.2) is 0 Å². The molecule has 0 radical (unpaired) electrons. The molecule has 0 unspecified atom stereocenters. The number of carbonyl (C=O) groups excluding carboxylic acids is 1. The summed E-state index contributed by atoms with van der Waals surface area (Å²) in [5.41, 5.74) is 0.531. The minimum absolute atomic E-state index is 0.0140. The summed E-state index contributed by atoms with van der Waals surface area (Å²) in [5, 5.41) is 0. The van der Waals surface area contributed by atoms with Gasteiger partial charge in [-0.1, -0.05) is 15.9 Å². The number of nitrogens with zero attached hydrogens (tertiary/aromatic N) is 1. The molecular formula is C14H20BrNO2. The Balaban J connectivity index is 2.90. The maximum Gasteiger partial charge on any atom is 0.163 e. The van der Waals surface area contributed by atoms with E-state index >= 15 is 0 Å². The minimum atomic E-state index is -0.0869. The van der Waals surface area contributed by atoms with Gasteiger partial charge in [-0.05, 0) is 53.1 Å². The highest BCUT2D eigenvalue weighted by Crippen LogP contribution is 2.25. The molecule has 1 aromatic carbocycles. The number of hydrogen-bond donors (Lipinski definition) is 0. The lowest BCUT2D eigenvalue weighted by molar-refractivity contribution is 0.0987. The van der Waals surface area contributed by atoms with Crippen LogP contribution >= 0.6 is 15.9 Å². The number of Topliss-reactive ketones (excluding diaryl/α,β-unsaturated/α-hetero) is 1. The highest BCUT2D eigenvalue weighted by molar-refractivity contribution is 9.10. The average Bonchev–Trinajstić information content (AvgIpc) is 2.26. The zero-order valence-corrected chi connectivity index (χ0v) is 13.2. The Morgan fingerprint density at radius 1 is 1.39 bits per heavy atom. The van der Waals surface area contributed by atoms with Gasteiger partial charge in [0.05, 0.1) is 5.56 Å². The van der Waals surface area contributed by atoms with Crippen LogP contribution in [-0.2, 0) is 0 Å². The van der Waals surface area contributed by atoms with E-state index in [0.717, 1.165) is 4.47 Å². The molecule has 0 saturated carbocycles. The van der Waals surface area contributed by atoms with Gasteiger partial charge in [0, 0.05) is 10.0 Å². The van der Waals surface area contributed by atoms with Crippen LogP contribution in [0, 0.1) is 0 Å². The molecule has 0 aliphatic heterocycles. The average molecular weight is 314 g/mol. The topological polar surface area (TPSA) is 29.5 Å². The maximum atomic E-state index is 11.5. The lowest BCUT2D eigenvalue weighted by atomic mass is 10.1. The molecule has 3 nitrogen and oxygen atoms in total. The normalized spacial score (nSPS) is 11.7. The van der Waals surface area contributed by atoms with E-state index in [0.29, 0.717) is 17.9 Å². The number of rotatable bonds is 5. The van der Waals surface area contributed by atoms with Gasteiger partial charge >= 0.3 is 0 Å². The van der Waals surface area contributed by atoms with Crippen LogP contribution in [0.5, 0.6) is 5.75 Å². The Hall–Kier alpha value is -0.870. The molecule has 0 bridgehead atoms. The lowest BCUT2D eigenvalue weighted by Crippen LogP contribution is -2.43. The summed E-state index contributed by atoms with van der Waals surface area (Å²) in [6.07, 6.45) is 0. The number of hydrogen-bond acceptors (Lipinski definition) is 3.